The number of nitrogens with zero attached hydrogens (tertiary/aromatic N) is 3. The van der Waals surface area contributed by atoms with Crippen LogP contribution in [0.15, 0.2) is 60.9 Å². The summed E-state index contributed by atoms with van der Waals surface area (Å²) in [5.74, 6) is 1.21. The van der Waals surface area contributed by atoms with E-state index >= 15 is 0 Å². The summed E-state index contributed by atoms with van der Waals surface area (Å²) in [5, 5.41) is 3.21. The number of hydrogen-bond acceptors (Lipinski definition) is 5. The van der Waals surface area contributed by atoms with Crippen LogP contribution in [0.3, 0.4) is 0 Å². The Hall–Kier alpha value is -3.41. The van der Waals surface area contributed by atoms with Gasteiger partial charge >= 0.3 is 0 Å². The van der Waals surface area contributed by atoms with Crippen LogP contribution in [0.2, 0.25) is 0 Å². The van der Waals surface area contributed by atoms with Crippen molar-refractivity contribution < 1.29 is 9.53 Å². The normalized spacial score (nSPS) is 13.1. The number of hydrogen-bond donors (Lipinski definition) is 1. The van der Waals surface area contributed by atoms with E-state index in [1.54, 1.807) is 6.20 Å². The monoisotopic (exact) mass is 388 g/mol. The first kappa shape index (κ1) is 18.9. The number of aromatic nitrogens is 2. The largest absolute Gasteiger partial charge is 0.489 e. The molecule has 0 atom stereocenters. The molecule has 1 amide bonds. The highest BCUT2D eigenvalue weighted by Gasteiger charge is 2.22. The number of anilines is 2. The number of fused-ring (bicyclic) bond motifs is 1. The molecule has 6 heteroatoms. The van der Waals surface area contributed by atoms with Crippen molar-refractivity contribution in [2.24, 2.45) is 0 Å². The Morgan fingerprint density at radius 2 is 1.79 bits per heavy atom. The van der Waals surface area contributed by atoms with E-state index in [0.717, 1.165) is 17.9 Å². The molecule has 1 aromatic heterocycles. The molecule has 2 aromatic carbocycles. The zero-order valence-corrected chi connectivity index (χ0v) is 16.6. The predicted octanol–water partition coefficient (Wildman–Crippen LogP) is 4.21. The summed E-state index contributed by atoms with van der Waals surface area (Å²) in [6, 6.07) is 15.9. The molecule has 29 heavy (non-hydrogen) atoms. The Balaban J connectivity index is 1.45. The van der Waals surface area contributed by atoms with Crippen LogP contribution in [0.25, 0.3) is 0 Å². The molecule has 0 bridgehead atoms. The fourth-order valence-corrected chi connectivity index (χ4v) is 3.40. The van der Waals surface area contributed by atoms with Crippen molar-refractivity contribution in [2.75, 3.05) is 11.9 Å². The summed E-state index contributed by atoms with van der Waals surface area (Å²) < 4.78 is 5.82. The van der Waals surface area contributed by atoms with Crippen molar-refractivity contribution >= 4 is 17.4 Å². The number of amides is 1. The molecular formula is C23H24N4O2. The highest BCUT2D eigenvalue weighted by atomic mass is 16.5. The maximum Gasteiger partial charge on any atom is 0.274 e. The molecular weight excluding hydrogens is 364 g/mol. The Bertz CT molecular complexity index is 1000. The molecule has 0 aliphatic carbocycles. The Morgan fingerprint density at radius 1 is 1.03 bits per heavy atom. The first-order valence-corrected chi connectivity index (χ1v) is 9.81. The molecule has 0 spiro atoms. The maximum absolute atomic E-state index is 12.8. The Kier molecular flexibility index (Phi) is 5.42. The van der Waals surface area contributed by atoms with Gasteiger partial charge in [0.15, 0.2) is 0 Å². The minimum Gasteiger partial charge on any atom is -0.489 e. The fourth-order valence-electron chi connectivity index (χ4n) is 3.40. The Morgan fingerprint density at radius 3 is 2.55 bits per heavy atom. The summed E-state index contributed by atoms with van der Waals surface area (Å²) in [5.41, 5.74) is 3.66. The molecule has 1 aliphatic heterocycles. The van der Waals surface area contributed by atoms with Crippen LogP contribution < -0.4 is 10.1 Å². The van der Waals surface area contributed by atoms with E-state index in [-0.39, 0.29) is 12.0 Å². The standard InChI is InChI=1S/C23H24N4O2/c1-16(2)29-21-10-6-5-9-19(21)26-22-14-24-20(13-25-22)23(28)27-12-11-17-7-3-4-8-18(17)15-27/h3-10,13-14,16H,11-12,15H2,1-2H3,(H,25,26). The lowest BCUT2D eigenvalue weighted by Crippen LogP contribution is -2.36. The first-order chi connectivity index (χ1) is 14.1. The van der Waals surface area contributed by atoms with E-state index in [0.29, 0.717) is 24.6 Å². The first-order valence-electron chi connectivity index (χ1n) is 9.81. The average molecular weight is 388 g/mol. The van der Waals surface area contributed by atoms with Crippen LogP contribution in [0.1, 0.15) is 35.5 Å². The molecule has 0 saturated carbocycles. The zero-order chi connectivity index (χ0) is 20.2. The third-order valence-corrected chi connectivity index (χ3v) is 4.80. The van der Waals surface area contributed by atoms with E-state index in [1.807, 2.05) is 55.1 Å². The van der Waals surface area contributed by atoms with Crippen LogP contribution in [0.4, 0.5) is 11.5 Å². The molecule has 0 radical (unpaired) electrons. The lowest BCUT2D eigenvalue weighted by molar-refractivity contribution is 0.0728. The van der Waals surface area contributed by atoms with Gasteiger partial charge in [-0.15, -0.1) is 0 Å². The van der Waals surface area contributed by atoms with Crippen molar-refractivity contribution in [3.63, 3.8) is 0 Å². The van der Waals surface area contributed by atoms with Crippen molar-refractivity contribution in [3.8, 4) is 5.75 Å². The number of benzene rings is 2. The van der Waals surface area contributed by atoms with Gasteiger partial charge in [-0.1, -0.05) is 36.4 Å². The molecule has 2 heterocycles. The van der Waals surface area contributed by atoms with Gasteiger partial charge < -0.3 is 15.0 Å². The number of ether oxygens (including phenoxy) is 1. The lowest BCUT2D eigenvalue weighted by Gasteiger charge is -2.28. The van der Waals surface area contributed by atoms with Gasteiger partial charge in [0.05, 0.1) is 24.2 Å². The highest BCUT2D eigenvalue weighted by Crippen LogP contribution is 2.27. The second-order valence-electron chi connectivity index (χ2n) is 7.32. The quantitative estimate of drug-likeness (QED) is 0.709. The molecule has 0 fully saturated rings. The highest BCUT2D eigenvalue weighted by molar-refractivity contribution is 5.92. The van der Waals surface area contributed by atoms with Gasteiger partial charge in [-0.2, -0.15) is 0 Å². The number of nitrogens with one attached hydrogen (secondary N) is 1. The molecule has 0 unspecified atom stereocenters. The number of para-hydroxylation sites is 2. The van der Waals surface area contributed by atoms with Crippen LogP contribution in [-0.4, -0.2) is 33.4 Å². The summed E-state index contributed by atoms with van der Waals surface area (Å²) >= 11 is 0. The molecule has 148 valence electrons. The molecule has 1 aliphatic rings. The van der Waals surface area contributed by atoms with E-state index in [4.69, 9.17) is 4.74 Å². The predicted molar refractivity (Wildman–Crippen MR) is 112 cm³/mol. The molecule has 0 saturated heterocycles. The summed E-state index contributed by atoms with van der Waals surface area (Å²) in [6.07, 6.45) is 4.04. The smallest absolute Gasteiger partial charge is 0.274 e. The van der Waals surface area contributed by atoms with Crippen LogP contribution in [0, 0.1) is 0 Å². The Labute approximate surface area is 170 Å². The van der Waals surface area contributed by atoms with Crippen LogP contribution in [0.5, 0.6) is 5.75 Å². The van der Waals surface area contributed by atoms with Gasteiger partial charge in [-0.3, -0.25) is 4.79 Å². The van der Waals surface area contributed by atoms with Gasteiger partial charge in [0.25, 0.3) is 5.91 Å². The summed E-state index contributed by atoms with van der Waals surface area (Å²) in [4.78, 5) is 23.4. The minimum atomic E-state index is -0.0953. The van der Waals surface area contributed by atoms with Crippen LogP contribution in [-0.2, 0) is 13.0 Å². The summed E-state index contributed by atoms with van der Waals surface area (Å²) in [7, 11) is 0. The maximum atomic E-state index is 12.8. The third kappa shape index (κ3) is 4.37. The van der Waals surface area contributed by atoms with E-state index < -0.39 is 0 Å². The fraction of sp³-hybridized carbons (Fsp3) is 0.261. The molecule has 1 N–H and O–H groups in total. The van der Waals surface area contributed by atoms with Gasteiger partial charge in [0, 0.05) is 13.1 Å². The molecule has 4 rings (SSSR count). The van der Waals surface area contributed by atoms with Gasteiger partial charge in [-0.05, 0) is 43.5 Å². The third-order valence-electron chi connectivity index (χ3n) is 4.80. The van der Waals surface area contributed by atoms with Gasteiger partial charge in [0.2, 0.25) is 0 Å². The molecule has 3 aromatic rings. The van der Waals surface area contributed by atoms with E-state index in [9.17, 15) is 4.79 Å². The topological polar surface area (TPSA) is 67.3 Å². The molecule has 6 nitrogen and oxygen atoms in total. The zero-order valence-electron chi connectivity index (χ0n) is 16.6. The van der Waals surface area contributed by atoms with Gasteiger partial charge in [-0.25, -0.2) is 9.97 Å². The SMILES string of the molecule is CC(C)Oc1ccccc1Nc1cnc(C(=O)N2CCc3ccccc3C2)cn1. The number of carbonyl (C=O) groups is 1. The minimum absolute atomic E-state index is 0.0682. The number of carbonyl (C=O) groups excluding carboxylic acids is 1. The number of rotatable bonds is 5. The van der Waals surface area contributed by atoms with Crippen molar-refractivity contribution in [2.45, 2.75) is 32.9 Å². The van der Waals surface area contributed by atoms with Gasteiger partial charge in [0.1, 0.15) is 17.3 Å². The van der Waals surface area contributed by atoms with Crippen LogP contribution >= 0.6 is 0 Å². The van der Waals surface area contributed by atoms with Crippen molar-refractivity contribution in [3.05, 3.63) is 77.7 Å². The second-order valence-corrected chi connectivity index (χ2v) is 7.32. The van der Waals surface area contributed by atoms with Crippen molar-refractivity contribution in [1.82, 2.24) is 14.9 Å². The second kappa shape index (κ2) is 8.31. The van der Waals surface area contributed by atoms with E-state index in [2.05, 4.69) is 27.4 Å². The van der Waals surface area contributed by atoms with Crippen molar-refractivity contribution in [1.29, 1.82) is 0 Å². The lowest BCUT2D eigenvalue weighted by atomic mass is 10.00. The summed E-state index contributed by atoms with van der Waals surface area (Å²) in [6.45, 7) is 5.26. The van der Waals surface area contributed by atoms with E-state index in [1.165, 1.54) is 17.3 Å². The average Bonchev–Trinajstić information content (AvgIpc) is 2.74.